The Balaban J connectivity index is 1.62. The van der Waals surface area contributed by atoms with Crippen molar-refractivity contribution in [2.45, 2.75) is 64.3 Å². The monoisotopic (exact) mass is 355 g/mol. The van der Waals surface area contributed by atoms with Crippen molar-refractivity contribution < 1.29 is 9.90 Å². The number of carbonyl (C=O) groups is 1. The zero-order chi connectivity index (χ0) is 18.4. The predicted molar refractivity (Wildman–Crippen MR) is 107 cm³/mol. The number of carboxylic acid groups (broad SMARTS) is 1. The number of allylic oxidation sites excluding steroid dienone is 1. The summed E-state index contributed by atoms with van der Waals surface area (Å²) in [5.74, 6) is 0.359. The summed E-state index contributed by atoms with van der Waals surface area (Å²) in [6.45, 7) is 4.28. The minimum absolute atomic E-state index is 0.309. The Bertz CT molecular complexity index is 604. The van der Waals surface area contributed by atoms with Gasteiger partial charge in [0.05, 0.1) is 0 Å². The van der Waals surface area contributed by atoms with Crippen molar-refractivity contribution in [1.29, 1.82) is 0 Å². The Morgan fingerprint density at radius 1 is 1.15 bits per heavy atom. The van der Waals surface area contributed by atoms with Crippen LogP contribution in [0.5, 0.6) is 0 Å². The summed E-state index contributed by atoms with van der Waals surface area (Å²) in [6.07, 6.45) is 11.6. The van der Waals surface area contributed by atoms with Gasteiger partial charge in [-0.3, -0.25) is 4.79 Å². The first kappa shape index (κ1) is 19.2. The highest BCUT2D eigenvalue weighted by Gasteiger charge is 2.31. The summed E-state index contributed by atoms with van der Waals surface area (Å²) < 4.78 is 0. The van der Waals surface area contributed by atoms with Crippen molar-refractivity contribution in [2.24, 2.45) is 11.8 Å². The quantitative estimate of drug-likeness (QED) is 0.728. The molecule has 1 saturated carbocycles. The van der Waals surface area contributed by atoms with Gasteiger partial charge in [0.25, 0.3) is 0 Å². The van der Waals surface area contributed by atoms with Crippen molar-refractivity contribution in [2.75, 3.05) is 13.1 Å². The molecule has 2 atom stereocenters. The summed E-state index contributed by atoms with van der Waals surface area (Å²) in [5.41, 5.74) is 2.93. The number of nitrogens with zero attached hydrogens (tertiary/aromatic N) is 1. The molecule has 2 aliphatic rings. The molecule has 0 aromatic heterocycles. The molecule has 0 spiro atoms. The molecule has 1 aliphatic heterocycles. The van der Waals surface area contributed by atoms with Gasteiger partial charge >= 0.3 is 5.97 Å². The van der Waals surface area contributed by atoms with Crippen LogP contribution in [-0.2, 0) is 4.79 Å². The van der Waals surface area contributed by atoms with E-state index < -0.39 is 5.97 Å². The van der Waals surface area contributed by atoms with Crippen LogP contribution in [0.4, 0.5) is 0 Å². The summed E-state index contributed by atoms with van der Waals surface area (Å²) in [5, 5.41) is 9.07. The van der Waals surface area contributed by atoms with Crippen molar-refractivity contribution in [1.82, 2.24) is 4.90 Å². The number of rotatable bonds is 7. The maximum atomic E-state index is 11.0. The maximum absolute atomic E-state index is 11.0. The molecule has 1 aromatic rings. The molecule has 2 unspecified atom stereocenters. The second kappa shape index (κ2) is 9.36. The SMILES string of the molecule is CC1C(CC(=O)O)CCN1CCC=C(c1ccccc1)C1CCCCC1. The molecule has 0 bridgehead atoms. The molecule has 26 heavy (non-hydrogen) atoms. The van der Waals surface area contributed by atoms with Gasteiger partial charge in [0.15, 0.2) is 0 Å². The first-order valence-electron chi connectivity index (χ1n) is 10.4. The minimum atomic E-state index is -0.660. The number of hydrogen-bond donors (Lipinski definition) is 1. The molecule has 142 valence electrons. The van der Waals surface area contributed by atoms with Crippen molar-refractivity contribution in [3.8, 4) is 0 Å². The molecule has 1 aromatic carbocycles. The first-order chi connectivity index (χ1) is 12.6. The Labute approximate surface area is 158 Å². The van der Waals surface area contributed by atoms with Crippen LogP contribution in [0.15, 0.2) is 36.4 Å². The van der Waals surface area contributed by atoms with Gasteiger partial charge in [-0.05, 0) is 62.1 Å². The smallest absolute Gasteiger partial charge is 0.303 e. The Hall–Kier alpha value is -1.61. The Kier molecular flexibility index (Phi) is 6.90. The molecule has 3 rings (SSSR count). The predicted octanol–water partition coefficient (Wildman–Crippen LogP) is 5.23. The van der Waals surface area contributed by atoms with Gasteiger partial charge < -0.3 is 10.0 Å². The van der Waals surface area contributed by atoms with Gasteiger partial charge in [0.2, 0.25) is 0 Å². The lowest BCUT2D eigenvalue weighted by molar-refractivity contribution is -0.138. The van der Waals surface area contributed by atoms with E-state index in [1.807, 2.05) is 0 Å². The highest BCUT2D eigenvalue weighted by atomic mass is 16.4. The summed E-state index contributed by atoms with van der Waals surface area (Å²) in [4.78, 5) is 13.5. The minimum Gasteiger partial charge on any atom is -0.481 e. The van der Waals surface area contributed by atoms with E-state index in [1.165, 1.54) is 37.7 Å². The molecule has 2 fully saturated rings. The van der Waals surface area contributed by atoms with Gasteiger partial charge in [-0.1, -0.05) is 55.7 Å². The van der Waals surface area contributed by atoms with E-state index >= 15 is 0 Å². The molecule has 3 heteroatoms. The summed E-state index contributed by atoms with van der Waals surface area (Å²) >= 11 is 0. The molecule has 0 amide bonds. The standard InChI is InChI=1S/C23H33NO2/c1-18-21(17-23(25)26)14-16-24(18)15-8-13-22(19-9-4-2-5-10-19)20-11-6-3-7-12-20/h2,4-5,9-10,13,18,20-21H,3,6-8,11-12,14-17H2,1H3,(H,25,26). The molecule has 1 heterocycles. The van der Waals surface area contributed by atoms with Crippen LogP contribution in [0.1, 0.15) is 63.9 Å². The van der Waals surface area contributed by atoms with Gasteiger partial charge in [-0.2, -0.15) is 0 Å². The van der Waals surface area contributed by atoms with E-state index in [0.29, 0.717) is 24.3 Å². The fraction of sp³-hybridized carbons (Fsp3) is 0.609. The third-order valence-corrected chi connectivity index (χ3v) is 6.41. The Morgan fingerprint density at radius 3 is 2.58 bits per heavy atom. The number of aliphatic carboxylic acids is 1. The molecule has 0 radical (unpaired) electrons. The zero-order valence-corrected chi connectivity index (χ0v) is 16.1. The lowest BCUT2D eigenvalue weighted by Gasteiger charge is -2.26. The molecular formula is C23H33NO2. The summed E-state index contributed by atoms with van der Waals surface area (Å²) in [6, 6.07) is 11.3. The van der Waals surface area contributed by atoms with Gasteiger partial charge in [-0.15, -0.1) is 0 Å². The number of benzene rings is 1. The van der Waals surface area contributed by atoms with Gasteiger partial charge in [-0.25, -0.2) is 0 Å². The topological polar surface area (TPSA) is 40.5 Å². The van der Waals surface area contributed by atoms with E-state index in [4.69, 9.17) is 5.11 Å². The largest absolute Gasteiger partial charge is 0.481 e. The normalized spacial score (nSPS) is 25.5. The fourth-order valence-electron chi connectivity index (χ4n) is 4.84. The number of likely N-dealkylation sites (tertiary alicyclic amines) is 1. The maximum Gasteiger partial charge on any atom is 0.303 e. The van der Waals surface area contributed by atoms with E-state index in [-0.39, 0.29) is 0 Å². The van der Waals surface area contributed by atoms with Crippen LogP contribution in [0.25, 0.3) is 5.57 Å². The highest BCUT2D eigenvalue weighted by Crippen LogP contribution is 2.36. The number of carboxylic acids is 1. The molecule has 1 N–H and O–H groups in total. The lowest BCUT2D eigenvalue weighted by atomic mass is 9.80. The third kappa shape index (κ3) is 4.97. The molecule has 1 aliphatic carbocycles. The van der Waals surface area contributed by atoms with Crippen LogP contribution < -0.4 is 0 Å². The number of hydrogen-bond acceptors (Lipinski definition) is 2. The zero-order valence-electron chi connectivity index (χ0n) is 16.1. The van der Waals surface area contributed by atoms with Crippen molar-refractivity contribution in [3.05, 3.63) is 42.0 Å². The van der Waals surface area contributed by atoms with Crippen LogP contribution in [0.2, 0.25) is 0 Å². The van der Waals surface area contributed by atoms with Crippen molar-refractivity contribution in [3.63, 3.8) is 0 Å². The second-order valence-electron chi connectivity index (χ2n) is 8.07. The third-order valence-electron chi connectivity index (χ3n) is 6.41. The van der Waals surface area contributed by atoms with Crippen LogP contribution >= 0.6 is 0 Å². The fourth-order valence-corrected chi connectivity index (χ4v) is 4.84. The van der Waals surface area contributed by atoms with Gasteiger partial charge in [0.1, 0.15) is 0 Å². The molecule has 1 saturated heterocycles. The lowest BCUT2D eigenvalue weighted by Crippen LogP contribution is -2.31. The van der Waals surface area contributed by atoms with Crippen molar-refractivity contribution >= 4 is 11.5 Å². The van der Waals surface area contributed by atoms with E-state index in [2.05, 4.69) is 48.2 Å². The van der Waals surface area contributed by atoms with Crippen LogP contribution in [-0.4, -0.2) is 35.1 Å². The van der Waals surface area contributed by atoms with E-state index in [0.717, 1.165) is 25.9 Å². The second-order valence-corrected chi connectivity index (χ2v) is 8.07. The summed E-state index contributed by atoms with van der Waals surface area (Å²) in [7, 11) is 0. The van der Waals surface area contributed by atoms with Gasteiger partial charge in [0, 0.05) is 19.0 Å². The average molecular weight is 356 g/mol. The molecule has 3 nitrogen and oxygen atoms in total. The first-order valence-corrected chi connectivity index (χ1v) is 10.4. The average Bonchev–Trinajstić information content (AvgIpc) is 2.99. The molecular weight excluding hydrogens is 322 g/mol. The van der Waals surface area contributed by atoms with Crippen LogP contribution in [0.3, 0.4) is 0 Å². The van der Waals surface area contributed by atoms with E-state index in [1.54, 1.807) is 5.57 Å². The van der Waals surface area contributed by atoms with E-state index in [9.17, 15) is 4.79 Å². The highest BCUT2D eigenvalue weighted by molar-refractivity contribution is 5.68. The van der Waals surface area contributed by atoms with Crippen LogP contribution in [0, 0.1) is 11.8 Å². The Morgan fingerprint density at radius 2 is 1.88 bits per heavy atom.